The molecule has 2 heterocycles. The van der Waals surface area contributed by atoms with Gasteiger partial charge in [-0.25, -0.2) is 4.98 Å². The molecule has 0 radical (unpaired) electrons. The number of nitriles is 1. The third-order valence-electron chi connectivity index (χ3n) is 2.88. The first-order valence-corrected chi connectivity index (χ1v) is 7.71. The number of hydrogen-bond acceptors (Lipinski definition) is 7. The number of rotatable bonds is 6. The largest absolute Gasteiger partial charge is 0.350 e. The van der Waals surface area contributed by atoms with Gasteiger partial charge in [0.2, 0.25) is 5.89 Å². The van der Waals surface area contributed by atoms with Crippen LogP contribution in [0.1, 0.15) is 36.5 Å². The molecule has 2 rings (SSSR count). The zero-order valence-corrected chi connectivity index (χ0v) is 13.1. The summed E-state index contributed by atoms with van der Waals surface area (Å²) in [6.45, 7) is 4.62. The van der Waals surface area contributed by atoms with Crippen molar-refractivity contribution in [2.75, 3.05) is 17.7 Å². The van der Waals surface area contributed by atoms with Gasteiger partial charge in [-0.05, 0) is 24.8 Å². The summed E-state index contributed by atoms with van der Waals surface area (Å²) in [5, 5.41) is 13.1. The highest BCUT2D eigenvalue weighted by Crippen LogP contribution is 2.25. The Morgan fingerprint density at radius 2 is 2.24 bits per heavy atom. The molecule has 0 aromatic carbocycles. The van der Waals surface area contributed by atoms with Crippen LogP contribution in [-0.4, -0.2) is 27.9 Å². The van der Waals surface area contributed by atoms with Crippen LogP contribution in [-0.2, 0) is 6.54 Å². The first-order chi connectivity index (χ1) is 10.1. The average molecular weight is 303 g/mol. The quantitative estimate of drug-likeness (QED) is 0.811. The van der Waals surface area contributed by atoms with Crippen molar-refractivity contribution in [3.05, 3.63) is 35.6 Å². The van der Waals surface area contributed by atoms with Crippen molar-refractivity contribution in [1.29, 1.82) is 5.26 Å². The first kappa shape index (κ1) is 15.3. The van der Waals surface area contributed by atoms with Crippen LogP contribution in [0.2, 0.25) is 0 Å². The Bertz CT molecular complexity index is 636. The zero-order valence-electron chi connectivity index (χ0n) is 12.3. The van der Waals surface area contributed by atoms with Crippen LogP contribution in [0.5, 0.6) is 0 Å². The van der Waals surface area contributed by atoms with Crippen molar-refractivity contribution in [3.8, 4) is 6.07 Å². The van der Waals surface area contributed by atoms with Gasteiger partial charge in [0.1, 0.15) is 17.6 Å². The Kier molecular flexibility index (Phi) is 5.17. The minimum absolute atomic E-state index is 0.220. The first-order valence-electron chi connectivity index (χ1n) is 6.66. The van der Waals surface area contributed by atoms with Crippen molar-refractivity contribution < 1.29 is 4.52 Å². The van der Waals surface area contributed by atoms with Gasteiger partial charge < -0.3 is 9.42 Å². The highest BCUT2D eigenvalue weighted by Gasteiger charge is 2.15. The molecule has 0 fully saturated rings. The van der Waals surface area contributed by atoms with E-state index in [0.717, 1.165) is 5.75 Å². The molecule has 0 aliphatic rings. The number of anilines is 1. The molecule has 7 heteroatoms. The van der Waals surface area contributed by atoms with E-state index in [4.69, 9.17) is 9.78 Å². The topological polar surface area (TPSA) is 78.8 Å². The lowest BCUT2D eigenvalue weighted by Crippen LogP contribution is -2.18. The smallest absolute Gasteiger partial charge is 0.246 e. The molecule has 2 aromatic rings. The molecule has 0 bridgehead atoms. The zero-order chi connectivity index (χ0) is 15.2. The van der Waals surface area contributed by atoms with Gasteiger partial charge in [-0.3, -0.25) is 0 Å². The Morgan fingerprint density at radius 1 is 1.43 bits per heavy atom. The highest BCUT2D eigenvalue weighted by atomic mass is 32.2. The van der Waals surface area contributed by atoms with Gasteiger partial charge in [-0.1, -0.05) is 18.1 Å². The molecule has 0 amide bonds. The summed E-state index contributed by atoms with van der Waals surface area (Å²) in [4.78, 5) is 10.5. The van der Waals surface area contributed by atoms with Crippen LogP contribution in [0, 0.1) is 11.3 Å². The fraction of sp³-hybridized carbons (Fsp3) is 0.429. The molecular weight excluding hydrogens is 286 g/mol. The fourth-order valence-corrected chi connectivity index (χ4v) is 2.55. The molecule has 21 heavy (non-hydrogen) atoms. The molecule has 6 nitrogen and oxygen atoms in total. The summed E-state index contributed by atoms with van der Waals surface area (Å²) in [6, 6.07) is 7.34. The summed E-state index contributed by atoms with van der Waals surface area (Å²) in [5.41, 5.74) is 0.388. The number of thioether (sulfide) groups is 1. The van der Waals surface area contributed by atoms with Crippen LogP contribution in [0.4, 0.5) is 5.82 Å². The second-order valence-electron chi connectivity index (χ2n) is 4.49. The van der Waals surface area contributed by atoms with Gasteiger partial charge in [-0.2, -0.15) is 22.0 Å². The van der Waals surface area contributed by atoms with Crippen LogP contribution in [0.3, 0.4) is 0 Å². The Morgan fingerprint density at radius 3 is 2.95 bits per heavy atom. The molecule has 0 saturated carbocycles. The lowest BCUT2D eigenvalue weighted by atomic mass is 10.3. The molecule has 1 atom stereocenters. The van der Waals surface area contributed by atoms with E-state index in [2.05, 4.69) is 29.0 Å². The predicted molar refractivity (Wildman–Crippen MR) is 81.9 cm³/mol. The van der Waals surface area contributed by atoms with Gasteiger partial charge in [0.05, 0.1) is 11.8 Å². The maximum atomic E-state index is 8.87. The van der Waals surface area contributed by atoms with E-state index in [1.165, 1.54) is 0 Å². The molecule has 0 saturated heterocycles. The second kappa shape index (κ2) is 7.09. The molecule has 110 valence electrons. The molecule has 0 unspecified atom stereocenters. The summed E-state index contributed by atoms with van der Waals surface area (Å²) < 4.78 is 5.27. The Hall–Kier alpha value is -2.07. The number of hydrogen-bond donors (Lipinski definition) is 0. The van der Waals surface area contributed by atoms with E-state index in [1.54, 1.807) is 23.9 Å². The summed E-state index contributed by atoms with van der Waals surface area (Å²) >= 11 is 1.77. The van der Waals surface area contributed by atoms with E-state index < -0.39 is 0 Å². The van der Waals surface area contributed by atoms with Crippen molar-refractivity contribution >= 4 is 17.6 Å². The van der Waals surface area contributed by atoms with Crippen molar-refractivity contribution in [1.82, 2.24) is 15.1 Å². The Labute approximate surface area is 128 Å². The van der Waals surface area contributed by atoms with Crippen LogP contribution < -0.4 is 4.90 Å². The average Bonchev–Trinajstić information content (AvgIpc) is 2.96. The van der Waals surface area contributed by atoms with E-state index in [0.29, 0.717) is 29.8 Å². The summed E-state index contributed by atoms with van der Waals surface area (Å²) in [7, 11) is 1.87. The van der Waals surface area contributed by atoms with Crippen LogP contribution in [0.15, 0.2) is 22.7 Å². The standard InChI is InChI=1S/C14H17N5OS/c1-4-21-10(2)14-17-13(20-18-14)9-19(3)12-7-5-6-11(8-15)16-12/h5-7,10H,4,9H2,1-3H3/t10-/m1/s1. The molecule has 0 N–H and O–H groups in total. The van der Waals surface area contributed by atoms with E-state index in [1.807, 2.05) is 24.1 Å². The molecule has 0 aliphatic carbocycles. The maximum Gasteiger partial charge on any atom is 0.246 e. The third-order valence-corrected chi connectivity index (χ3v) is 3.92. The molecule has 2 aromatic heterocycles. The predicted octanol–water partition coefficient (Wildman–Crippen LogP) is 2.79. The number of nitrogens with zero attached hydrogens (tertiary/aromatic N) is 5. The van der Waals surface area contributed by atoms with E-state index >= 15 is 0 Å². The lowest BCUT2D eigenvalue weighted by Gasteiger charge is -2.15. The van der Waals surface area contributed by atoms with Gasteiger partial charge in [-0.15, -0.1) is 0 Å². The summed E-state index contributed by atoms with van der Waals surface area (Å²) in [6.07, 6.45) is 0. The SMILES string of the molecule is CCS[C@H](C)c1noc(CN(C)c2cccc(C#N)n2)n1. The van der Waals surface area contributed by atoms with Crippen molar-refractivity contribution in [2.24, 2.45) is 0 Å². The minimum Gasteiger partial charge on any atom is -0.350 e. The fourth-order valence-electron chi connectivity index (χ4n) is 1.80. The van der Waals surface area contributed by atoms with Gasteiger partial charge in [0.15, 0.2) is 5.82 Å². The number of pyridine rings is 1. The van der Waals surface area contributed by atoms with E-state index in [-0.39, 0.29) is 5.25 Å². The van der Waals surface area contributed by atoms with Crippen molar-refractivity contribution in [2.45, 2.75) is 25.6 Å². The van der Waals surface area contributed by atoms with E-state index in [9.17, 15) is 0 Å². The van der Waals surface area contributed by atoms with Crippen LogP contribution in [0.25, 0.3) is 0 Å². The Balaban J connectivity index is 2.05. The summed E-state index contributed by atoms with van der Waals surface area (Å²) in [5.74, 6) is 2.96. The molecule has 0 spiro atoms. The van der Waals surface area contributed by atoms with Gasteiger partial charge >= 0.3 is 0 Å². The highest BCUT2D eigenvalue weighted by molar-refractivity contribution is 7.99. The molecule has 0 aliphatic heterocycles. The lowest BCUT2D eigenvalue weighted by molar-refractivity contribution is 0.372. The third kappa shape index (κ3) is 3.95. The monoisotopic (exact) mass is 303 g/mol. The van der Waals surface area contributed by atoms with Crippen molar-refractivity contribution in [3.63, 3.8) is 0 Å². The number of aromatic nitrogens is 3. The second-order valence-corrected chi connectivity index (χ2v) is 6.11. The van der Waals surface area contributed by atoms with Gasteiger partial charge in [0.25, 0.3) is 0 Å². The minimum atomic E-state index is 0.220. The normalized spacial score (nSPS) is 11.9. The van der Waals surface area contributed by atoms with Gasteiger partial charge in [0, 0.05) is 7.05 Å². The maximum absolute atomic E-state index is 8.87. The molecular formula is C14H17N5OS. The van der Waals surface area contributed by atoms with Crippen LogP contribution >= 0.6 is 11.8 Å².